The minimum Gasteiger partial charge on any atom is -0.455 e. The zero-order valence-electron chi connectivity index (χ0n) is 15.6. The van der Waals surface area contributed by atoms with E-state index in [0.29, 0.717) is 0 Å². The maximum absolute atomic E-state index is 12.6. The predicted octanol–water partition coefficient (Wildman–Crippen LogP) is 4.45. The maximum atomic E-state index is 12.6. The molecule has 1 heterocycles. The topological polar surface area (TPSA) is 46.6 Å². The molecule has 142 valence electrons. The lowest BCUT2D eigenvalue weighted by Gasteiger charge is -2.22. The second-order valence-corrected chi connectivity index (χ2v) is 7.95. The number of benzene rings is 3. The van der Waals surface area contributed by atoms with Gasteiger partial charge in [0.25, 0.3) is 5.91 Å². The molecule has 4 rings (SSSR count). The Labute approximate surface area is 168 Å². The van der Waals surface area contributed by atoms with E-state index in [1.54, 1.807) is 4.90 Å². The van der Waals surface area contributed by atoms with Gasteiger partial charge in [-0.25, -0.2) is 0 Å². The summed E-state index contributed by atoms with van der Waals surface area (Å²) in [6, 6.07) is 22.1. The highest BCUT2D eigenvalue weighted by Crippen LogP contribution is 2.31. The third-order valence-corrected chi connectivity index (χ3v) is 5.88. The summed E-state index contributed by atoms with van der Waals surface area (Å²) in [5, 5.41) is 2.30. The molecule has 0 saturated carbocycles. The molecular formula is C23H21NO3S. The number of esters is 1. The van der Waals surface area contributed by atoms with E-state index in [1.807, 2.05) is 61.5 Å². The van der Waals surface area contributed by atoms with Gasteiger partial charge < -0.3 is 9.64 Å². The minimum absolute atomic E-state index is 0.0792. The minimum atomic E-state index is -0.383. The number of anilines is 1. The lowest BCUT2D eigenvalue weighted by Crippen LogP contribution is -2.38. The number of fused-ring (bicyclic) bond motifs is 2. The smallest absolute Gasteiger partial charge is 0.316 e. The fraction of sp³-hybridized carbons (Fsp3) is 0.217. The van der Waals surface area contributed by atoms with Gasteiger partial charge in [0.15, 0.2) is 6.61 Å². The highest BCUT2D eigenvalue weighted by Gasteiger charge is 2.30. The molecule has 0 fully saturated rings. The van der Waals surface area contributed by atoms with Crippen molar-refractivity contribution in [1.82, 2.24) is 0 Å². The van der Waals surface area contributed by atoms with Crippen molar-refractivity contribution in [3.8, 4) is 0 Å². The molecule has 1 atom stereocenters. The van der Waals surface area contributed by atoms with Crippen molar-refractivity contribution in [3.05, 3.63) is 72.3 Å². The standard InChI is InChI=1S/C23H21NO3S/c1-16-12-19-8-4-5-9-21(19)24(16)22(25)14-27-23(26)15-28-20-11-10-17-6-2-3-7-18(17)13-20/h2-11,13,16H,12,14-15H2,1H3/t16-/m0/s1. The molecule has 0 radical (unpaired) electrons. The number of rotatable bonds is 5. The van der Waals surface area contributed by atoms with Crippen molar-refractivity contribution in [2.45, 2.75) is 24.3 Å². The molecule has 0 aliphatic carbocycles. The zero-order valence-corrected chi connectivity index (χ0v) is 16.4. The van der Waals surface area contributed by atoms with Gasteiger partial charge >= 0.3 is 5.97 Å². The van der Waals surface area contributed by atoms with Crippen molar-refractivity contribution in [2.24, 2.45) is 0 Å². The molecule has 1 aliphatic rings. The Morgan fingerprint density at radius 1 is 1.04 bits per heavy atom. The van der Waals surface area contributed by atoms with Gasteiger partial charge in [-0.15, -0.1) is 11.8 Å². The van der Waals surface area contributed by atoms with Crippen LogP contribution in [0.4, 0.5) is 5.69 Å². The van der Waals surface area contributed by atoms with Crippen LogP contribution < -0.4 is 4.90 Å². The van der Waals surface area contributed by atoms with Gasteiger partial charge in [-0.1, -0.05) is 48.5 Å². The average molecular weight is 391 g/mol. The Morgan fingerprint density at radius 3 is 2.64 bits per heavy atom. The molecule has 0 N–H and O–H groups in total. The van der Waals surface area contributed by atoms with Crippen molar-refractivity contribution < 1.29 is 14.3 Å². The molecule has 0 aromatic heterocycles. The van der Waals surface area contributed by atoms with E-state index in [9.17, 15) is 9.59 Å². The van der Waals surface area contributed by atoms with Gasteiger partial charge in [-0.3, -0.25) is 9.59 Å². The van der Waals surface area contributed by atoms with E-state index < -0.39 is 0 Å². The number of nitrogens with zero attached hydrogens (tertiary/aromatic N) is 1. The lowest BCUT2D eigenvalue weighted by molar-refractivity contribution is -0.145. The molecule has 4 nitrogen and oxygen atoms in total. The van der Waals surface area contributed by atoms with E-state index in [-0.39, 0.29) is 30.3 Å². The average Bonchev–Trinajstić information content (AvgIpc) is 3.06. The van der Waals surface area contributed by atoms with Gasteiger partial charge in [-0.05, 0) is 47.9 Å². The number of para-hydroxylation sites is 1. The number of carbonyl (C=O) groups excluding carboxylic acids is 2. The van der Waals surface area contributed by atoms with Crippen LogP contribution in [0.3, 0.4) is 0 Å². The summed E-state index contributed by atoms with van der Waals surface area (Å²) in [5.74, 6) is -0.384. The maximum Gasteiger partial charge on any atom is 0.316 e. The summed E-state index contributed by atoms with van der Waals surface area (Å²) in [5.41, 5.74) is 2.07. The number of ether oxygens (including phenoxy) is 1. The quantitative estimate of drug-likeness (QED) is 0.476. The van der Waals surface area contributed by atoms with E-state index >= 15 is 0 Å². The number of hydrogen-bond acceptors (Lipinski definition) is 4. The second-order valence-electron chi connectivity index (χ2n) is 6.90. The Bertz CT molecular complexity index is 1030. The Balaban J connectivity index is 1.31. The van der Waals surface area contributed by atoms with Crippen LogP contribution in [-0.4, -0.2) is 30.3 Å². The number of hydrogen-bond donors (Lipinski definition) is 0. The van der Waals surface area contributed by atoms with Crippen molar-refractivity contribution >= 4 is 40.1 Å². The summed E-state index contributed by atoms with van der Waals surface area (Å²) < 4.78 is 5.24. The summed E-state index contributed by atoms with van der Waals surface area (Å²) in [6.45, 7) is 1.78. The van der Waals surface area contributed by atoms with Crippen LogP contribution in [0.25, 0.3) is 10.8 Å². The molecule has 1 amide bonds. The van der Waals surface area contributed by atoms with Crippen molar-refractivity contribution in [1.29, 1.82) is 0 Å². The monoisotopic (exact) mass is 391 g/mol. The van der Waals surface area contributed by atoms with Gasteiger partial charge in [0, 0.05) is 16.6 Å². The molecule has 3 aromatic rings. The molecule has 0 unspecified atom stereocenters. The second kappa shape index (κ2) is 8.07. The highest BCUT2D eigenvalue weighted by atomic mass is 32.2. The Kier molecular flexibility index (Phi) is 5.35. The van der Waals surface area contributed by atoms with E-state index in [0.717, 1.165) is 28.0 Å². The first-order valence-electron chi connectivity index (χ1n) is 9.29. The van der Waals surface area contributed by atoms with Gasteiger partial charge in [0.2, 0.25) is 0 Å². The van der Waals surface area contributed by atoms with Crippen molar-refractivity contribution in [3.63, 3.8) is 0 Å². The third kappa shape index (κ3) is 3.90. The van der Waals surface area contributed by atoms with Crippen LogP contribution in [0.1, 0.15) is 12.5 Å². The zero-order chi connectivity index (χ0) is 19.5. The molecule has 1 aliphatic heterocycles. The number of amides is 1. The van der Waals surface area contributed by atoms with Gasteiger partial charge in [0.05, 0.1) is 5.75 Å². The molecule has 0 spiro atoms. The van der Waals surface area contributed by atoms with E-state index in [2.05, 4.69) is 12.1 Å². The third-order valence-electron chi connectivity index (χ3n) is 4.91. The molecule has 28 heavy (non-hydrogen) atoms. The first kappa shape index (κ1) is 18.6. The summed E-state index contributed by atoms with van der Waals surface area (Å²) >= 11 is 1.42. The van der Waals surface area contributed by atoms with E-state index in [1.165, 1.54) is 17.1 Å². The number of thioether (sulfide) groups is 1. The summed E-state index contributed by atoms with van der Waals surface area (Å²) in [6.07, 6.45) is 0.827. The highest BCUT2D eigenvalue weighted by molar-refractivity contribution is 8.00. The van der Waals surface area contributed by atoms with Crippen molar-refractivity contribution in [2.75, 3.05) is 17.3 Å². The van der Waals surface area contributed by atoms with Crippen LogP contribution in [0.5, 0.6) is 0 Å². The largest absolute Gasteiger partial charge is 0.455 e. The molecule has 0 bridgehead atoms. The van der Waals surface area contributed by atoms with Crippen LogP contribution in [-0.2, 0) is 20.7 Å². The Hall–Kier alpha value is -2.79. The van der Waals surface area contributed by atoms with Gasteiger partial charge in [-0.2, -0.15) is 0 Å². The Morgan fingerprint density at radius 2 is 1.79 bits per heavy atom. The molecule has 5 heteroatoms. The lowest BCUT2D eigenvalue weighted by atomic mass is 10.1. The van der Waals surface area contributed by atoms with Crippen LogP contribution in [0, 0.1) is 0 Å². The van der Waals surface area contributed by atoms with Crippen LogP contribution >= 0.6 is 11.8 Å². The molecular weight excluding hydrogens is 370 g/mol. The first-order chi connectivity index (χ1) is 13.6. The van der Waals surface area contributed by atoms with Crippen LogP contribution in [0.15, 0.2) is 71.6 Å². The van der Waals surface area contributed by atoms with E-state index in [4.69, 9.17) is 4.74 Å². The van der Waals surface area contributed by atoms with Crippen LogP contribution in [0.2, 0.25) is 0 Å². The fourth-order valence-electron chi connectivity index (χ4n) is 3.60. The molecule has 3 aromatic carbocycles. The summed E-state index contributed by atoms with van der Waals surface area (Å²) in [7, 11) is 0. The predicted molar refractivity (Wildman–Crippen MR) is 113 cm³/mol. The first-order valence-corrected chi connectivity index (χ1v) is 10.3. The number of carbonyl (C=O) groups is 2. The fourth-order valence-corrected chi connectivity index (χ4v) is 4.34. The SMILES string of the molecule is C[C@H]1Cc2ccccc2N1C(=O)COC(=O)CSc1ccc2ccccc2c1. The summed E-state index contributed by atoms with van der Waals surface area (Å²) in [4.78, 5) is 27.4. The normalized spacial score (nSPS) is 15.5. The molecule has 0 saturated heterocycles. The van der Waals surface area contributed by atoms with Gasteiger partial charge in [0.1, 0.15) is 0 Å².